The molecule has 0 amide bonds. The summed E-state index contributed by atoms with van der Waals surface area (Å²) >= 11 is 0. The second kappa shape index (κ2) is 26.3. The Morgan fingerprint density at radius 2 is 1.36 bits per heavy atom. The molecule has 332 valence electrons. The number of imidazole rings is 2. The van der Waals surface area contributed by atoms with Crippen molar-refractivity contribution in [2.45, 2.75) is 129 Å². The van der Waals surface area contributed by atoms with Gasteiger partial charge in [-0.1, -0.05) is 90.4 Å². The lowest BCUT2D eigenvalue weighted by molar-refractivity contribution is -0.0143. The predicted octanol–water partition coefficient (Wildman–Crippen LogP) is 6.52. The van der Waals surface area contributed by atoms with E-state index in [2.05, 4.69) is 36.8 Å². The molecular weight excluding hydrogens is 802 g/mol. The number of rotatable bonds is 28. The van der Waals surface area contributed by atoms with Crippen molar-refractivity contribution in [3.63, 3.8) is 0 Å². The fourth-order valence-corrected chi connectivity index (χ4v) is 8.34. The monoisotopic (exact) mass is 868 g/mol. The van der Waals surface area contributed by atoms with E-state index in [1.54, 1.807) is 10.9 Å². The summed E-state index contributed by atoms with van der Waals surface area (Å²) in [6, 6.07) is 0. The first-order valence-electron chi connectivity index (χ1n) is 20.9. The van der Waals surface area contributed by atoms with Gasteiger partial charge in [-0.2, -0.15) is 0 Å². The van der Waals surface area contributed by atoms with Gasteiger partial charge in [0.25, 0.3) is 0 Å². The van der Waals surface area contributed by atoms with E-state index in [1.807, 2.05) is 4.57 Å². The largest absolute Gasteiger partial charge is 0.394 e. The highest BCUT2D eigenvalue weighted by Gasteiger charge is 2.33. The van der Waals surface area contributed by atoms with Crippen LogP contribution in [0.2, 0.25) is 0 Å². The molecule has 5 rings (SSSR count). The molecule has 21 heteroatoms. The van der Waals surface area contributed by atoms with E-state index in [4.69, 9.17) is 34.7 Å². The minimum atomic E-state index is -3.28. The minimum absolute atomic E-state index is 0.0681. The Morgan fingerprint density at radius 1 is 0.814 bits per heavy atom. The van der Waals surface area contributed by atoms with E-state index >= 15 is 0 Å². The first-order chi connectivity index (χ1) is 28.5. The van der Waals surface area contributed by atoms with E-state index in [9.17, 15) is 19.1 Å². The topological polar surface area (TPSA) is 260 Å². The maximum atomic E-state index is 12.8. The quantitative estimate of drug-likeness (QED) is 0.0350. The van der Waals surface area contributed by atoms with Gasteiger partial charge in [-0.15, -0.1) is 0 Å². The number of nitrogens with two attached hydrogens (primary N) is 2. The lowest BCUT2D eigenvalue weighted by atomic mass is 10.0. The molecule has 2 unspecified atom stereocenters. The van der Waals surface area contributed by atoms with Crippen molar-refractivity contribution in [3.8, 4) is 0 Å². The van der Waals surface area contributed by atoms with Gasteiger partial charge >= 0.3 is 7.60 Å². The number of aliphatic hydroxyl groups is 1. The van der Waals surface area contributed by atoms with Crippen LogP contribution in [0, 0.1) is 0 Å². The van der Waals surface area contributed by atoms with Crippen LogP contribution in [0.1, 0.15) is 103 Å². The van der Waals surface area contributed by atoms with Gasteiger partial charge in [-0.3, -0.25) is 9.13 Å². The molecule has 4 atom stereocenters. The lowest BCUT2D eigenvalue weighted by Crippen LogP contribution is -2.30. The number of fused-ring (bicyclic) bond motifs is 2. The van der Waals surface area contributed by atoms with Gasteiger partial charge in [0.2, 0.25) is 7.37 Å². The van der Waals surface area contributed by atoms with E-state index < -0.39 is 21.1 Å². The highest BCUT2D eigenvalue weighted by atomic mass is 31.2. The molecule has 1 aliphatic rings. The highest BCUT2D eigenvalue weighted by molar-refractivity contribution is 7.56. The lowest BCUT2D eigenvalue weighted by Gasteiger charge is -2.29. The molecular formula is C38H66N10O9P2. The molecule has 0 saturated carbocycles. The van der Waals surface area contributed by atoms with Gasteiger partial charge in [-0.25, -0.2) is 29.9 Å². The zero-order valence-corrected chi connectivity index (χ0v) is 36.6. The Labute approximate surface area is 347 Å². The number of aliphatic hydroxyl groups excluding tert-OH is 1. The van der Waals surface area contributed by atoms with Crippen LogP contribution >= 0.6 is 15.0 Å². The third-order valence-corrected chi connectivity index (χ3v) is 11.9. The summed E-state index contributed by atoms with van der Waals surface area (Å²) in [6.07, 6.45) is 24.2. The number of nitrogen functional groups attached to an aromatic ring is 2. The van der Waals surface area contributed by atoms with E-state index in [0.717, 1.165) is 13.0 Å². The Morgan fingerprint density at radius 3 is 1.90 bits per heavy atom. The van der Waals surface area contributed by atoms with E-state index in [0.29, 0.717) is 54.3 Å². The normalized spacial score (nSPS) is 18.5. The number of aromatic nitrogens is 8. The fourth-order valence-electron chi connectivity index (χ4n) is 6.43. The maximum absolute atomic E-state index is 12.8. The van der Waals surface area contributed by atoms with Crippen molar-refractivity contribution < 1.29 is 42.4 Å². The van der Waals surface area contributed by atoms with Gasteiger partial charge in [0.05, 0.1) is 51.7 Å². The molecule has 1 aliphatic heterocycles. The van der Waals surface area contributed by atoms with Crippen LogP contribution in [0.15, 0.2) is 25.3 Å². The standard InChI is InChI=1S/C28H50N5O5P.C10H16N5O4P/c1-2-3-4-5-6-7-8-9-10-11-12-13-14-15-17-35-18-16-19-37-39(34)24-36-25(21-38-39)20-33-23-32-26-27(29)30-22-31-28(26)33;1-20(17,18)6-19-7(3-16)2-15-5-14-8-9(11)12-4-13-10(8)15/h22-23,25H,2-21,24H2,1H3,(H2,29,30,31);4-5,7,16H,2-3,6H2,1H3,(H,17,18)(H2,11,12,13)/t25-,39?;7-/m00/s1. The molecule has 5 heterocycles. The minimum Gasteiger partial charge on any atom is -0.394 e. The van der Waals surface area contributed by atoms with Crippen LogP contribution in [0.4, 0.5) is 11.6 Å². The molecule has 0 aliphatic carbocycles. The SMILES string of the molecule is CCCCCCCCCCCCCCCCOCCCOP1(=O)CO[C@@H](Cn2cnc3c(N)ncnc32)CO1.CP(=O)(O)CO[C@H](CO)Cn1cnc2c(N)ncnc21. The molecule has 1 saturated heterocycles. The van der Waals surface area contributed by atoms with Gasteiger partial charge in [-0.05, 0) is 12.8 Å². The van der Waals surface area contributed by atoms with Crippen molar-refractivity contribution in [1.29, 1.82) is 0 Å². The highest BCUT2D eigenvalue weighted by Crippen LogP contribution is 2.51. The summed E-state index contributed by atoms with van der Waals surface area (Å²) in [7, 11) is -6.52. The number of anilines is 2. The molecule has 4 aromatic heterocycles. The Bertz CT molecular complexity index is 1870. The van der Waals surface area contributed by atoms with E-state index in [-0.39, 0.29) is 44.4 Å². The molecule has 4 aromatic rings. The summed E-state index contributed by atoms with van der Waals surface area (Å²) in [5.74, 6) is 0.602. The van der Waals surface area contributed by atoms with Crippen molar-refractivity contribution in [2.75, 3.05) is 63.9 Å². The van der Waals surface area contributed by atoms with Crippen LogP contribution in [-0.4, -0.2) is 114 Å². The van der Waals surface area contributed by atoms with Gasteiger partial charge in [0.1, 0.15) is 42.5 Å². The molecule has 59 heavy (non-hydrogen) atoms. The molecule has 19 nitrogen and oxygen atoms in total. The van der Waals surface area contributed by atoms with Crippen LogP contribution in [0.3, 0.4) is 0 Å². The van der Waals surface area contributed by atoms with Crippen LogP contribution < -0.4 is 11.5 Å². The first kappa shape index (κ1) is 48.5. The summed E-state index contributed by atoms with van der Waals surface area (Å²) < 4.78 is 55.2. The van der Waals surface area contributed by atoms with Gasteiger partial charge in [0, 0.05) is 19.9 Å². The Hall–Kier alpha value is -3.12. The number of unbranched alkanes of at least 4 members (excludes halogenated alkanes) is 13. The van der Waals surface area contributed by atoms with Crippen molar-refractivity contribution >= 4 is 48.9 Å². The third kappa shape index (κ3) is 17.8. The number of nitrogens with zero attached hydrogens (tertiary/aromatic N) is 8. The summed E-state index contributed by atoms with van der Waals surface area (Å²) in [5.41, 5.74) is 13.7. The number of hydrogen-bond donors (Lipinski definition) is 4. The van der Waals surface area contributed by atoms with Crippen molar-refractivity contribution in [3.05, 3.63) is 25.3 Å². The average Bonchev–Trinajstić information content (AvgIpc) is 3.83. The molecule has 1 fully saturated rings. The zero-order valence-electron chi connectivity index (χ0n) is 34.8. The number of hydrogen-bond acceptors (Lipinski definition) is 16. The predicted molar refractivity (Wildman–Crippen MR) is 227 cm³/mol. The van der Waals surface area contributed by atoms with Crippen LogP contribution in [0.5, 0.6) is 0 Å². The number of ether oxygens (including phenoxy) is 3. The second-order valence-corrected chi connectivity index (χ2v) is 19.4. The second-order valence-electron chi connectivity index (χ2n) is 15.0. The molecule has 0 spiro atoms. The average molecular weight is 869 g/mol. The fraction of sp³-hybridized carbons (Fsp3) is 0.737. The van der Waals surface area contributed by atoms with Gasteiger partial charge < -0.3 is 53.9 Å². The van der Waals surface area contributed by atoms with Crippen LogP contribution in [0.25, 0.3) is 22.3 Å². The maximum Gasteiger partial charge on any atom is 0.356 e. The Balaban J connectivity index is 0.000000321. The van der Waals surface area contributed by atoms with Gasteiger partial charge in [0.15, 0.2) is 22.9 Å². The third-order valence-electron chi connectivity index (χ3n) is 9.70. The molecule has 0 radical (unpaired) electrons. The summed E-state index contributed by atoms with van der Waals surface area (Å²) in [5, 5.41) is 9.26. The zero-order chi connectivity index (χ0) is 42.4. The Kier molecular flexibility index (Phi) is 21.6. The van der Waals surface area contributed by atoms with Crippen LogP contribution in [-0.2, 0) is 45.5 Å². The molecule has 0 bridgehead atoms. The molecule has 0 aromatic carbocycles. The first-order valence-corrected chi connectivity index (χ1v) is 25.0. The van der Waals surface area contributed by atoms with Crippen molar-refractivity contribution in [1.82, 2.24) is 39.0 Å². The molecule has 6 N–H and O–H groups in total. The summed E-state index contributed by atoms with van der Waals surface area (Å²) in [6.45, 7) is 5.75. The smallest absolute Gasteiger partial charge is 0.356 e. The van der Waals surface area contributed by atoms with Crippen molar-refractivity contribution in [2.24, 2.45) is 0 Å². The summed E-state index contributed by atoms with van der Waals surface area (Å²) in [4.78, 5) is 33.6. The van der Waals surface area contributed by atoms with E-state index in [1.165, 1.54) is 109 Å².